The molecule has 57 heavy (non-hydrogen) atoms. The van der Waals surface area contributed by atoms with Crippen molar-refractivity contribution in [3.63, 3.8) is 0 Å². The zero-order valence-corrected chi connectivity index (χ0v) is 38.4. The van der Waals surface area contributed by atoms with E-state index in [0.29, 0.717) is 12.8 Å². The van der Waals surface area contributed by atoms with Crippen molar-refractivity contribution >= 4 is 23.9 Å². The van der Waals surface area contributed by atoms with Gasteiger partial charge in [0.15, 0.2) is 0 Å². The predicted octanol–water partition coefficient (Wildman–Crippen LogP) is 14.0. The second-order valence-corrected chi connectivity index (χ2v) is 17.1. The Hall–Kier alpha value is -2.12. The molecule has 8 heteroatoms. The molecule has 2 unspecified atom stereocenters. The topological polar surface area (TPSA) is 105 Å². The second kappa shape index (κ2) is 39.3. The van der Waals surface area contributed by atoms with Crippen LogP contribution in [0.25, 0.3) is 0 Å². The average Bonchev–Trinajstić information content (AvgIpc) is 3.21. The maximum absolute atomic E-state index is 13.3. The van der Waals surface area contributed by atoms with Crippen LogP contribution in [0.2, 0.25) is 0 Å². The van der Waals surface area contributed by atoms with Gasteiger partial charge in [-0.15, -0.1) is 0 Å². The second-order valence-electron chi connectivity index (χ2n) is 17.1. The predicted molar refractivity (Wildman–Crippen MR) is 235 cm³/mol. The Labute approximate surface area is 351 Å². The lowest BCUT2D eigenvalue weighted by Gasteiger charge is -2.32. The number of rotatable bonds is 42. The van der Waals surface area contributed by atoms with E-state index in [0.717, 1.165) is 77.0 Å². The molecule has 0 saturated carbocycles. The fourth-order valence-electron chi connectivity index (χ4n) is 7.29. The SMILES string of the molecule is CCCCCCCCCCCCCC(=O)OCC(COC(=O)CCCCCCCCCCCCC)(COC(=O)C(CC)CCCC)COC(=O)C(CC)CCCC. The highest BCUT2D eigenvalue weighted by Crippen LogP contribution is 2.26. The molecule has 0 radical (unpaired) electrons. The quantitative estimate of drug-likeness (QED) is 0.0341. The first-order valence-corrected chi connectivity index (χ1v) is 24.4. The van der Waals surface area contributed by atoms with E-state index in [1.54, 1.807) is 0 Å². The molecule has 0 fully saturated rings. The first kappa shape index (κ1) is 54.9. The maximum Gasteiger partial charge on any atom is 0.308 e. The van der Waals surface area contributed by atoms with Crippen LogP contribution in [-0.4, -0.2) is 50.3 Å². The fraction of sp³-hybridized carbons (Fsp3) is 0.918. The van der Waals surface area contributed by atoms with E-state index in [9.17, 15) is 19.2 Å². The molecular formula is C49H92O8. The number of hydrogen-bond acceptors (Lipinski definition) is 8. The van der Waals surface area contributed by atoms with Crippen molar-refractivity contribution < 1.29 is 38.1 Å². The number of esters is 4. The summed E-state index contributed by atoms with van der Waals surface area (Å²) in [5.41, 5.74) is -1.21. The van der Waals surface area contributed by atoms with Crippen molar-refractivity contribution in [2.45, 2.75) is 247 Å². The van der Waals surface area contributed by atoms with Crippen molar-refractivity contribution in [2.75, 3.05) is 26.4 Å². The normalized spacial score (nSPS) is 12.6. The molecule has 0 aromatic rings. The van der Waals surface area contributed by atoms with Gasteiger partial charge in [0.1, 0.15) is 31.8 Å². The molecule has 8 nitrogen and oxygen atoms in total. The lowest BCUT2D eigenvalue weighted by atomic mass is 9.91. The van der Waals surface area contributed by atoms with Gasteiger partial charge in [-0.3, -0.25) is 19.2 Å². The molecule has 0 aromatic heterocycles. The molecule has 0 rings (SSSR count). The van der Waals surface area contributed by atoms with Crippen LogP contribution < -0.4 is 0 Å². The molecule has 0 aromatic carbocycles. The summed E-state index contributed by atoms with van der Waals surface area (Å²) in [7, 11) is 0. The van der Waals surface area contributed by atoms with E-state index in [4.69, 9.17) is 18.9 Å². The molecule has 0 saturated heterocycles. The van der Waals surface area contributed by atoms with E-state index in [1.165, 1.54) is 103 Å². The number of unbranched alkanes of at least 4 members (excludes halogenated alkanes) is 22. The summed E-state index contributed by atoms with van der Waals surface area (Å²) in [5, 5.41) is 0. The summed E-state index contributed by atoms with van der Waals surface area (Å²) in [6.45, 7) is 11.9. The molecule has 0 bridgehead atoms. The minimum atomic E-state index is -1.21. The third kappa shape index (κ3) is 31.5. The summed E-state index contributed by atoms with van der Waals surface area (Å²) >= 11 is 0. The van der Waals surface area contributed by atoms with Crippen molar-refractivity contribution in [1.29, 1.82) is 0 Å². The molecule has 0 heterocycles. The summed E-state index contributed by atoms with van der Waals surface area (Å²) in [6, 6.07) is 0. The molecule has 0 N–H and O–H groups in total. The Morgan fingerprint density at radius 2 is 0.614 bits per heavy atom. The van der Waals surface area contributed by atoms with Crippen molar-refractivity contribution in [3.8, 4) is 0 Å². The molecule has 2 atom stereocenters. The zero-order valence-electron chi connectivity index (χ0n) is 38.4. The van der Waals surface area contributed by atoms with Crippen LogP contribution >= 0.6 is 0 Å². The summed E-state index contributed by atoms with van der Waals surface area (Å²) < 4.78 is 23.6. The lowest BCUT2D eigenvalue weighted by molar-refractivity contribution is -0.173. The molecule has 0 aliphatic carbocycles. The molecule has 0 aliphatic heterocycles. The number of carbonyl (C=O) groups excluding carboxylic acids is 4. The summed E-state index contributed by atoms with van der Waals surface area (Å²) in [5.74, 6) is -1.84. The Kier molecular flexibility index (Phi) is 37.9. The summed E-state index contributed by atoms with van der Waals surface area (Å²) in [4.78, 5) is 52.8. The van der Waals surface area contributed by atoms with Crippen molar-refractivity contribution in [1.82, 2.24) is 0 Å². The smallest absolute Gasteiger partial charge is 0.308 e. The van der Waals surface area contributed by atoms with Crippen LogP contribution in [0.1, 0.15) is 247 Å². The van der Waals surface area contributed by atoms with Gasteiger partial charge in [-0.25, -0.2) is 0 Å². The van der Waals surface area contributed by atoms with Crippen molar-refractivity contribution in [3.05, 3.63) is 0 Å². The Balaban J connectivity index is 5.54. The molecule has 0 spiro atoms. The van der Waals surface area contributed by atoms with E-state index >= 15 is 0 Å². The van der Waals surface area contributed by atoms with E-state index < -0.39 is 5.41 Å². The number of ether oxygens (including phenoxy) is 4. The van der Waals surface area contributed by atoms with E-state index in [1.807, 2.05) is 13.8 Å². The highest BCUT2D eigenvalue weighted by molar-refractivity contribution is 5.73. The molecule has 0 aliphatic rings. The highest BCUT2D eigenvalue weighted by Gasteiger charge is 2.39. The number of carbonyl (C=O) groups is 4. The van der Waals surface area contributed by atoms with Crippen LogP contribution in [0.4, 0.5) is 0 Å². The van der Waals surface area contributed by atoms with E-state index in [2.05, 4.69) is 27.7 Å². The van der Waals surface area contributed by atoms with Crippen LogP contribution in [0.3, 0.4) is 0 Å². The first-order chi connectivity index (χ1) is 27.7. The van der Waals surface area contributed by atoms with Crippen LogP contribution in [0.5, 0.6) is 0 Å². The summed E-state index contributed by atoms with van der Waals surface area (Å²) in [6.07, 6.45) is 33.3. The Morgan fingerprint density at radius 1 is 0.351 bits per heavy atom. The monoisotopic (exact) mass is 809 g/mol. The van der Waals surface area contributed by atoms with Gasteiger partial charge in [0.25, 0.3) is 0 Å². The van der Waals surface area contributed by atoms with Gasteiger partial charge in [0, 0.05) is 12.8 Å². The fourth-order valence-corrected chi connectivity index (χ4v) is 7.29. The van der Waals surface area contributed by atoms with Crippen LogP contribution in [-0.2, 0) is 38.1 Å². The van der Waals surface area contributed by atoms with Gasteiger partial charge in [0.05, 0.1) is 11.8 Å². The standard InChI is InChI=1S/C49H92O8/c1-7-13-17-19-21-23-25-27-29-31-33-37-45(50)54-39-49(41-56-47(52)43(11-5)35-15-9-3,42-57-48(53)44(12-6)36-16-10-4)40-55-46(51)38-34-32-30-28-26-24-22-20-18-14-8-2/h43-44H,7-42H2,1-6H3. The van der Waals surface area contributed by atoms with Gasteiger partial charge in [0.2, 0.25) is 0 Å². The molecule has 0 amide bonds. The first-order valence-electron chi connectivity index (χ1n) is 24.4. The minimum absolute atomic E-state index is 0.173. The van der Waals surface area contributed by atoms with Crippen LogP contribution in [0, 0.1) is 17.3 Å². The van der Waals surface area contributed by atoms with Gasteiger partial charge in [-0.1, -0.05) is 196 Å². The van der Waals surface area contributed by atoms with Gasteiger partial charge < -0.3 is 18.9 Å². The third-order valence-corrected chi connectivity index (χ3v) is 11.6. The Bertz CT molecular complexity index is 889. The van der Waals surface area contributed by atoms with Gasteiger partial charge >= 0.3 is 23.9 Å². The average molecular weight is 809 g/mol. The Morgan fingerprint density at radius 3 is 0.895 bits per heavy atom. The largest absolute Gasteiger partial charge is 0.465 e. The molecule has 336 valence electrons. The van der Waals surface area contributed by atoms with Crippen molar-refractivity contribution in [2.24, 2.45) is 17.3 Å². The lowest BCUT2D eigenvalue weighted by Crippen LogP contribution is -2.44. The van der Waals surface area contributed by atoms with Gasteiger partial charge in [-0.2, -0.15) is 0 Å². The minimum Gasteiger partial charge on any atom is -0.465 e. The highest BCUT2D eigenvalue weighted by atomic mass is 16.6. The van der Waals surface area contributed by atoms with E-state index in [-0.39, 0.29) is 75.0 Å². The van der Waals surface area contributed by atoms with Gasteiger partial charge in [-0.05, 0) is 38.5 Å². The third-order valence-electron chi connectivity index (χ3n) is 11.6. The molecular weight excluding hydrogens is 717 g/mol. The maximum atomic E-state index is 13.3. The zero-order chi connectivity index (χ0) is 42.2. The number of hydrogen-bond donors (Lipinski definition) is 0. The van der Waals surface area contributed by atoms with Crippen LogP contribution in [0.15, 0.2) is 0 Å².